The van der Waals surface area contributed by atoms with Crippen LogP contribution in [0.15, 0.2) is 18.2 Å². The number of sulfone groups is 1. The number of benzene rings is 1. The first-order valence-electron chi connectivity index (χ1n) is 4.88. The molecule has 1 aromatic carbocycles. The van der Waals surface area contributed by atoms with E-state index in [9.17, 15) is 17.6 Å². The van der Waals surface area contributed by atoms with E-state index in [0.717, 1.165) is 12.3 Å². The fourth-order valence-corrected chi connectivity index (χ4v) is 1.90. The van der Waals surface area contributed by atoms with Crippen molar-refractivity contribution < 1.29 is 22.3 Å². The Morgan fingerprint density at radius 1 is 1.41 bits per heavy atom. The van der Waals surface area contributed by atoms with Gasteiger partial charge in [-0.3, -0.25) is 4.79 Å². The summed E-state index contributed by atoms with van der Waals surface area (Å²) in [5.41, 5.74) is -0.196. The second-order valence-electron chi connectivity index (χ2n) is 3.62. The van der Waals surface area contributed by atoms with Gasteiger partial charge in [-0.05, 0) is 12.1 Å². The van der Waals surface area contributed by atoms with Gasteiger partial charge in [-0.15, -0.1) is 0 Å². The van der Waals surface area contributed by atoms with Crippen molar-refractivity contribution in [3.8, 4) is 5.75 Å². The number of rotatable bonds is 5. The van der Waals surface area contributed by atoms with Crippen LogP contribution in [0.3, 0.4) is 0 Å². The van der Waals surface area contributed by atoms with Crippen molar-refractivity contribution in [3.05, 3.63) is 29.6 Å². The minimum atomic E-state index is -3.24. The van der Waals surface area contributed by atoms with Crippen molar-refractivity contribution in [1.29, 1.82) is 0 Å². The van der Waals surface area contributed by atoms with Gasteiger partial charge in [0.25, 0.3) is 0 Å². The molecule has 4 nitrogen and oxygen atoms in total. The summed E-state index contributed by atoms with van der Waals surface area (Å²) < 4.78 is 40.2. The predicted octanol–water partition coefficient (Wildman–Crippen LogP) is 1.45. The molecule has 0 bridgehead atoms. The molecule has 0 aromatic heterocycles. The number of methoxy groups -OCH3 is 1. The summed E-state index contributed by atoms with van der Waals surface area (Å²) in [6, 6.07) is 4.01. The van der Waals surface area contributed by atoms with Crippen LogP contribution in [0.1, 0.15) is 16.8 Å². The van der Waals surface area contributed by atoms with Crippen LogP contribution in [0, 0.1) is 5.82 Å². The van der Waals surface area contributed by atoms with Gasteiger partial charge in [0.05, 0.1) is 18.4 Å². The van der Waals surface area contributed by atoms with Gasteiger partial charge in [-0.25, -0.2) is 12.8 Å². The van der Waals surface area contributed by atoms with Crippen LogP contribution in [-0.4, -0.2) is 33.3 Å². The van der Waals surface area contributed by atoms with Gasteiger partial charge in [0.2, 0.25) is 0 Å². The quantitative estimate of drug-likeness (QED) is 0.752. The Hall–Kier alpha value is -1.43. The molecule has 0 aliphatic rings. The minimum absolute atomic E-state index is 0.114. The summed E-state index contributed by atoms with van der Waals surface area (Å²) in [5, 5.41) is 0. The van der Waals surface area contributed by atoms with E-state index in [0.29, 0.717) is 0 Å². The highest BCUT2D eigenvalue weighted by Crippen LogP contribution is 2.22. The van der Waals surface area contributed by atoms with Crippen LogP contribution in [0.2, 0.25) is 0 Å². The largest absolute Gasteiger partial charge is 0.496 e. The van der Waals surface area contributed by atoms with E-state index in [-0.39, 0.29) is 23.5 Å². The van der Waals surface area contributed by atoms with Crippen LogP contribution in [-0.2, 0) is 9.84 Å². The zero-order valence-electron chi connectivity index (χ0n) is 9.57. The van der Waals surface area contributed by atoms with E-state index in [1.54, 1.807) is 0 Å². The second kappa shape index (κ2) is 5.27. The average Bonchev–Trinajstić information content (AvgIpc) is 2.24. The Kier molecular flexibility index (Phi) is 4.22. The van der Waals surface area contributed by atoms with E-state index >= 15 is 0 Å². The standard InChI is InChI=1S/C11H13FO4S/c1-16-10-5-3-4-8(12)11(10)9(13)6-7-17(2,14)15/h3-5H,6-7H2,1-2H3. The maximum atomic E-state index is 13.5. The normalized spacial score (nSPS) is 11.2. The number of hydrogen-bond donors (Lipinski definition) is 0. The SMILES string of the molecule is COc1cccc(F)c1C(=O)CCS(C)(=O)=O. The number of ether oxygens (including phenoxy) is 1. The summed E-state index contributed by atoms with van der Waals surface area (Å²) in [5.74, 6) is -1.47. The molecule has 0 aliphatic carbocycles. The summed E-state index contributed by atoms with van der Waals surface area (Å²) in [7, 11) is -1.92. The number of Topliss-reactive ketones (excluding diaryl/α,β-unsaturated/α-hetero) is 1. The maximum absolute atomic E-state index is 13.5. The summed E-state index contributed by atoms with van der Waals surface area (Å²) in [6.07, 6.45) is 0.773. The van der Waals surface area contributed by atoms with Gasteiger partial charge < -0.3 is 4.74 Å². The smallest absolute Gasteiger partial charge is 0.170 e. The van der Waals surface area contributed by atoms with Gasteiger partial charge >= 0.3 is 0 Å². The van der Waals surface area contributed by atoms with E-state index in [4.69, 9.17) is 4.74 Å². The first-order chi connectivity index (χ1) is 7.85. The van der Waals surface area contributed by atoms with Gasteiger partial charge in [0.15, 0.2) is 5.78 Å². The molecule has 0 atom stereocenters. The lowest BCUT2D eigenvalue weighted by Crippen LogP contribution is -2.12. The molecule has 0 fully saturated rings. The van der Waals surface area contributed by atoms with E-state index in [2.05, 4.69) is 0 Å². The highest BCUT2D eigenvalue weighted by atomic mass is 32.2. The molecule has 0 N–H and O–H groups in total. The highest BCUT2D eigenvalue weighted by molar-refractivity contribution is 7.90. The number of halogens is 1. The zero-order chi connectivity index (χ0) is 13.1. The Morgan fingerprint density at radius 3 is 2.59 bits per heavy atom. The topological polar surface area (TPSA) is 60.4 Å². The predicted molar refractivity (Wildman–Crippen MR) is 61.6 cm³/mol. The maximum Gasteiger partial charge on any atom is 0.170 e. The van der Waals surface area contributed by atoms with Gasteiger partial charge in [0.1, 0.15) is 21.4 Å². The van der Waals surface area contributed by atoms with Crippen LogP contribution >= 0.6 is 0 Å². The molecule has 0 saturated heterocycles. The Bertz CT molecular complexity index is 522. The van der Waals surface area contributed by atoms with E-state index in [1.165, 1.54) is 19.2 Å². The fraction of sp³-hybridized carbons (Fsp3) is 0.364. The molecule has 17 heavy (non-hydrogen) atoms. The van der Waals surface area contributed by atoms with Crippen LogP contribution < -0.4 is 4.74 Å². The second-order valence-corrected chi connectivity index (χ2v) is 5.88. The molecule has 0 unspecified atom stereocenters. The lowest BCUT2D eigenvalue weighted by molar-refractivity contribution is 0.0981. The number of ketones is 1. The molecule has 1 aromatic rings. The number of carbonyl (C=O) groups excluding carboxylic acids is 1. The van der Waals surface area contributed by atoms with Crippen LogP contribution in [0.25, 0.3) is 0 Å². The minimum Gasteiger partial charge on any atom is -0.496 e. The molecule has 0 amide bonds. The molecule has 94 valence electrons. The Balaban J connectivity index is 2.96. The third kappa shape index (κ3) is 3.81. The lowest BCUT2D eigenvalue weighted by atomic mass is 10.1. The van der Waals surface area contributed by atoms with Crippen molar-refractivity contribution in [2.45, 2.75) is 6.42 Å². The van der Waals surface area contributed by atoms with Crippen molar-refractivity contribution in [2.24, 2.45) is 0 Å². The molecule has 6 heteroatoms. The molecule has 1 rings (SSSR count). The molecule has 0 saturated carbocycles. The molecule has 0 radical (unpaired) electrons. The zero-order valence-corrected chi connectivity index (χ0v) is 10.4. The molecule has 0 aliphatic heterocycles. The Labute approximate surface area is 99.3 Å². The van der Waals surface area contributed by atoms with Gasteiger partial charge in [-0.1, -0.05) is 6.07 Å². The van der Waals surface area contributed by atoms with Crippen LogP contribution in [0.4, 0.5) is 4.39 Å². The number of hydrogen-bond acceptors (Lipinski definition) is 4. The molecular weight excluding hydrogens is 247 g/mol. The molecule has 0 spiro atoms. The van der Waals surface area contributed by atoms with Gasteiger partial charge in [0, 0.05) is 12.7 Å². The van der Waals surface area contributed by atoms with E-state index < -0.39 is 21.4 Å². The summed E-state index contributed by atoms with van der Waals surface area (Å²) in [6.45, 7) is 0. The molecule has 0 heterocycles. The third-order valence-electron chi connectivity index (χ3n) is 2.17. The first-order valence-corrected chi connectivity index (χ1v) is 6.94. The highest BCUT2D eigenvalue weighted by Gasteiger charge is 2.18. The van der Waals surface area contributed by atoms with Crippen molar-refractivity contribution in [3.63, 3.8) is 0 Å². The monoisotopic (exact) mass is 260 g/mol. The van der Waals surface area contributed by atoms with Gasteiger partial charge in [-0.2, -0.15) is 0 Å². The Morgan fingerprint density at radius 2 is 2.06 bits per heavy atom. The van der Waals surface area contributed by atoms with E-state index in [1.807, 2.05) is 0 Å². The summed E-state index contributed by atoms with van der Waals surface area (Å²) >= 11 is 0. The molecular formula is C11H13FO4S. The first kappa shape index (κ1) is 13.6. The fourth-order valence-electron chi connectivity index (χ4n) is 1.35. The van der Waals surface area contributed by atoms with Crippen LogP contribution in [0.5, 0.6) is 5.75 Å². The lowest BCUT2D eigenvalue weighted by Gasteiger charge is -2.07. The number of carbonyl (C=O) groups is 1. The average molecular weight is 260 g/mol. The van der Waals surface area contributed by atoms with Crippen molar-refractivity contribution in [1.82, 2.24) is 0 Å². The summed E-state index contributed by atoms with van der Waals surface area (Å²) in [4.78, 5) is 11.7. The third-order valence-corrected chi connectivity index (χ3v) is 3.12. The van der Waals surface area contributed by atoms with Crippen molar-refractivity contribution in [2.75, 3.05) is 19.1 Å². The van der Waals surface area contributed by atoms with Crippen molar-refractivity contribution >= 4 is 15.6 Å².